The fraction of sp³-hybridized carbons (Fsp3) is 0.562. The third-order valence-electron chi connectivity index (χ3n) is 5.67. The summed E-state index contributed by atoms with van der Waals surface area (Å²) in [4.78, 5) is 14.2. The molecule has 5 atom stereocenters. The van der Waals surface area contributed by atoms with Gasteiger partial charge in [-0.1, -0.05) is 25.1 Å². The third kappa shape index (κ3) is 1.40. The van der Waals surface area contributed by atoms with Gasteiger partial charge in [0.05, 0.1) is 18.6 Å². The summed E-state index contributed by atoms with van der Waals surface area (Å²) in [6.45, 7) is 3.61. The van der Waals surface area contributed by atoms with Crippen LogP contribution in [-0.4, -0.2) is 42.0 Å². The molecule has 1 aromatic carbocycles. The van der Waals surface area contributed by atoms with Crippen LogP contribution < -0.4 is 4.90 Å². The molecule has 1 aliphatic heterocycles. The van der Waals surface area contributed by atoms with Crippen LogP contribution in [0.15, 0.2) is 24.3 Å². The Labute approximate surface area is 124 Å². The third-order valence-corrected chi connectivity index (χ3v) is 5.67. The molecule has 5 nitrogen and oxygen atoms in total. The highest BCUT2D eigenvalue weighted by Gasteiger charge is 2.71. The molecular formula is C16H21NO4. The number of benzene rings is 1. The molecule has 0 radical (unpaired) electrons. The lowest BCUT2D eigenvalue weighted by molar-refractivity contribution is -0.149. The maximum absolute atomic E-state index is 12.3. The molecule has 0 spiro atoms. The van der Waals surface area contributed by atoms with E-state index in [1.54, 1.807) is 6.92 Å². The second kappa shape index (κ2) is 4.21. The van der Waals surface area contributed by atoms with Crippen LogP contribution in [-0.2, 0) is 15.1 Å². The zero-order valence-electron chi connectivity index (χ0n) is 12.7. The largest absolute Gasteiger partial charge is 0.469 e. The van der Waals surface area contributed by atoms with E-state index in [2.05, 4.69) is 0 Å². The summed E-state index contributed by atoms with van der Waals surface area (Å²) in [6.07, 6.45) is -1.07. The fourth-order valence-electron chi connectivity index (χ4n) is 4.34. The number of carbonyl (C=O) groups is 1. The van der Waals surface area contributed by atoms with Gasteiger partial charge in [0.15, 0.2) is 0 Å². The molecular weight excluding hydrogens is 270 g/mol. The molecule has 114 valence electrons. The number of rotatable bonds is 1. The number of aliphatic hydroxyl groups is 2. The van der Waals surface area contributed by atoms with Gasteiger partial charge < -0.3 is 19.8 Å². The Morgan fingerprint density at radius 2 is 2.00 bits per heavy atom. The monoisotopic (exact) mass is 291 g/mol. The van der Waals surface area contributed by atoms with Crippen molar-refractivity contribution < 1.29 is 19.7 Å². The van der Waals surface area contributed by atoms with Gasteiger partial charge in [-0.2, -0.15) is 0 Å². The normalized spacial score (nSPS) is 40.9. The number of likely N-dealkylation sites (N-methyl/N-ethyl adjacent to an activating group) is 1. The number of esters is 1. The SMILES string of the molecule is COC(=O)[C@H]1[C@H](C)[C@@]2(O)c3ccccc3N(C)[C@@]1(C)[C@H]2O. The second-order valence-corrected chi connectivity index (χ2v) is 6.32. The van der Waals surface area contributed by atoms with Crippen LogP contribution in [0.1, 0.15) is 19.4 Å². The van der Waals surface area contributed by atoms with E-state index < -0.39 is 35.0 Å². The number of carbonyl (C=O) groups excluding carboxylic acids is 1. The maximum atomic E-state index is 12.3. The molecule has 1 aromatic rings. The number of hydrogen-bond donors (Lipinski definition) is 2. The van der Waals surface area contributed by atoms with E-state index in [1.807, 2.05) is 43.1 Å². The van der Waals surface area contributed by atoms with E-state index in [0.717, 1.165) is 5.69 Å². The van der Waals surface area contributed by atoms with Crippen molar-refractivity contribution in [3.05, 3.63) is 29.8 Å². The Bertz CT molecular complexity index is 604. The zero-order chi connectivity index (χ0) is 15.6. The number of aliphatic hydroxyl groups excluding tert-OH is 1. The maximum Gasteiger partial charge on any atom is 0.311 e. The first-order valence-corrected chi connectivity index (χ1v) is 7.12. The minimum absolute atomic E-state index is 0.403. The van der Waals surface area contributed by atoms with Crippen LogP contribution in [0.4, 0.5) is 5.69 Å². The highest BCUT2D eigenvalue weighted by molar-refractivity contribution is 5.79. The molecule has 0 aromatic heterocycles. The van der Waals surface area contributed by atoms with Gasteiger partial charge in [-0.3, -0.25) is 4.79 Å². The van der Waals surface area contributed by atoms with Gasteiger partial charge in [-0.05, 0) is 13.0 Å². The molecule has 2 bridgehead atoms. The highest BCUT2D eigenvalue weighted by Crippen LogP contribution is 2.60. The first kappa shape index (κ1) is 14.4. The number of para-hydroxylation sites is 1. The van der Waals surface area contributed by atoms with Crippen molar-refractivity contribution in [1.82, 2.24) is 0 Å². The van der Waals surface area contributed by atoms with Crippen LogP contribution in [0.25, 0.3) is 0 Å². The quantitative estimate of drug-likeness (QED) is 0.752. The Morgan fingerprint density at radius 3 is 2.62 bits per heavy atom. The van der Waals surface area contributed by atoms with E-state index >= 15 is 0 Å². The predicted octanol–water partition coefficient (Wildman–Crippen LogP) is 0.883. The molecule has 2 aliphatic rings. The van der Waals surface area contributed by atoms with E-state index in [0.29, 0.717) is 5.56 Å². The molecule has 3 rings (SSSR count). The van der Waals surface area contributed by atoms with Crippen LogP contribution in [0, 0.1) is 11.8 Å². The Morgan fingerprint density at radius 1 is 1.38 bits per heavy atom. The lowest BCUT2D eigenvalue weighted by Crippen LogP contribution is -2.62. The van der Waals surface area contributed by atoms with Gasteiger partial charge in [0.1, 0.15) is 11.7 Å². The fourth-order valence-corrected chi connectivity index (χ4v) is 4.34. The number of hydrogen-bond acceptors (Lipinski definition) is 5. The standard InChI is InChI=1S/C16H21NO4/c1-9-12(13(18)21-4)15(2)14(19)16(9,20)10-7-5-6-8-11(10)17(15)3/h5-9,12,14,19-20H,1-4H3/t9-,12+,14+,15+,16+/m0/s1. The summed E-state index contributed by atoms with van der Waals surface area (Å²) in [5.41, 5.74) is -0.853. The molecule has 2 N–H and O–H groups in total. The van der Waals surface area contributed by atoms with Gasteiger partial charge in [-0.25, -0.2) is 0 Å². The minimum atomic E-state index is -1.45. The van der Waals surface area contributed by atoms with Crippen LogP contribution in [0.3, 0.4) is 0 Å². The Hall–Kier alpha value is -1.59. The van der Waals surface area contributed by atoms with Crippen LogP contribution in [0.2, 0.25) is 0 Å². The van der Waals surface area contributed by atoms with Gasteiger partial charge in [0.2, 0.25) is 0 Å². The van der Waals surface area contributed by atoms with E-state index in [4.69, 9.17) is 4.74 Å². The molecule has 5 heteroatoms. The first-order valence-electron chi connectivity index (χ1n) is 7.12. The summed E-state index contributed by atoms with van der Waals surface area (Å²) in [5.74, 6) is -1.46. The molecule has 0 amide bonds. The number of nitrogens with zero attached hydrogens (tertiary/aromatic N) is 1. The topological polar surface area (TPSA) is 70.0 Å². The second-order valence-electron chi connectivity index (χ2n) is 6.32. The highest BCUT2D eigenvalue weighted by atomic mass is 16.5. The summed E-state index contributed by atoms with van der Waals surface area (Å²) < 4.78 is 4.93. The lowest BCUT2D eigenvalue weighted by atomic mass is 9.78. The van der Waals surface area contributed by atoms with E-state index in [9.17, 15) is 15.0 Å². The van der Waals surface area contributed by atoms with Crippen molar-refractivity contribution in [3.8, 4) is 0 Å². The van der Waals surface area contributed by atoms with E-state index in [1.165, 1.54) is 7.11 Å². The average molecular weight is 291 g/mol. The predicted molar refractivity (Wildman–Crippen MR) is 77.8 cm³/mol. The number of fused-ring (bicyclic) bond motifs is 4. The zero-order valence-corrected chi connectivity index (χ0v) is 12.7. The van der Waals surface area contributed by atoms with Crippen molar-refractivity contribution >= 4 is 11.7 Å². The van der Waals surface area contributed by atoms with Gasteiger partial charge >= 0.3 is 5.97 Å². The summed E-state index contributed by atoms with van der Waals surface area (Å²) in [7, 11) is 3.18. The average Bonchev–Trinajstić information content (AvgIpc) is 2.62. The molecule has 1 fully saturated rings. The molecule has 1 saturated carbocycles. The van der Waals surface area contributed by atoms with Crippen LogP contribution in [0.5, 0.6) is 0 Å². The van der Waals surface area contributed by atoms with Gasteiger partial charge in [-0.15, -0.1) is 0 Å². The van der Waals surface area contributed by atoms with Crippen molar-refractivity contribution in [1.29, 1.82) is 0 Å². The number of ether oxygens (including phenoxy) is 1. The van der Waals surface area contributed by atoms with Crippen molar-refractivity contribution in [2.45, 2.75) is 31.1 Å². The van der Waals surface area contributed by atoms with Crippen molar-refractivity contribution in [2.75, 3.05) is 19.1 Å². The Kier molecular flexibility index (Phi) is 2.88. The molecule has 1 aliphatic carbocycles. The minimum Gasteiger partial charge on any atom is -0.469 e. The molecule has 1 heterocycles. The molecule has 0 unspecified atom stereocenters. The van der Waals surface area contributed by atoms with Crippen LogP contribution >= 0.6 is 0 Å². The van der Waals surface area contributed by atoms with Crippen molar-refractivity contribution in [2.24, 2.45) is 11.8 Å². The first-order chi connectivity index (χ1) is 9.81. The van der Waals surface area contributed by atoms with Gasteiger partial charge in [0, 0.05) is 24.2 Å². The summed E-state index contributed by atoms with van der Waals surface area (Å²) in [5, 5.41) is 22.1. The van der Waals surface area contributed by atoms with Crippen molar-refractivity contribution in [3.63, 3.8) is 0 Å². The summed E-state index contributed by atoms with van der Waals surface area (Å²) >= 11 is 0. The van der Waals surface area contributed by atoms with Gasteiger partial charge in [0.25, 0.3) is 0 Å². The lowest BCUT2D eigenvalue weighted by Gasteiger charge is -2.49. The van der Waals surface area contributed by atoms with E-state index in [-0.39, 0.29) is 0 Å². The number of anilines is 1. The Balaban J connectivity index is 2.29. The molecule has 21 heavy (non-hydrogen) atoms. The molecule has 0 saturated heterocycles. The number of methoxy groups -OCH3 is 1. The summed E-state index contributed by atoms with van der Waals surface area (Å²) in [6, 6.07) is 7.43. The smallest absolute Gasteiger partial charge is 0.311 e.